The first-order valence-electron chi connectivity index (χ1n) is 18.5. The van der Waals surface area contributed by atoms with Crippen molar-refractivity contribution in [1.29, 1.82) is 0 Å². The molecule has 0 atom stereocenters. The Labute approximate surface area is 327 Å². The van der Waals surface area contributed by atoms with Crippen molar-refractivity contribution in [3.8, 4) is 44.5 Å². The molecule has 0 unspecified atom stereocenters. The van der Waals surface area contributed by atoms with E-state index in [4.69, 9.17) is 15.7 Å². The zero-order valence-electron chi connectivity index (χ0n) is 30.4. The third-order valence-electron chi connectivity index (χ3n) is 10.3. The third kappa shape index (κ3) is 6.09. The number of H-pyrrole nitrogens is 2. The number of hydrogen-bond donors (Lipinski definition) is 3. The van der Waals surface area contributed by atoms with Crippen LogP contribution in [0.3, 0.4) is 0 Å². The summed E-state index contributed by atoms with van der Waals surface area (Å²) in [6, 6.07) is 34.9. The third-order valence-corrected chi connectivity index (χ3v) is 10.3. The van der Waals surface area contributed by atoms with Gasteiger partial charge in [0.1, 0.15) is 0 Å². The quantitative estimate of drug-likeness (QED) is 0.114. The Hall–Kier alpha value is -8.04. The molecule has 0 radical (unpaired) electrons. The van der Waals surface area contributed by atoms with E-state index in [0.717, 1.165) is 83.7 Å². The second-order valence-electron chi connectivity index (χ2n) is 13.7. The van der Waals surface area contributed by atoms with Gasteiger partial charge < -0.3 is 15.7 Å². The number of aromatic amines is 2. The Morgan fingerprint density at radius 2 is 0.842 bits per heavy atom. The number of ketones is 1. The topological polar surface area (TPSA) is 139 Å². The molecule has 57 heavy (non-hydrogen) atoms. The van der Waals surface area contributed by atoms with Crippen LogP contribution in [0.5, 0.6) is 0 Å². The van der Waals surface area contributed by atoms with Crippen LogP contribution in [0.2, 0.25) is 0 Å². The second kappa shape index (κ2) is 14.0. The van der Waals surface area contributed by atoms with Gasteiger partial charge in [0.25, 0.3) is 0 Å². The van der Waals surface area contributed by atoms with E-state index >= 15 is 0 Å². The summed E-state index contributed by atoms with van der Waals surface area (Å²) in [5.74, 6) is -0.0999. The Morgan fingerprint density at radius 3 is 1.26 bits per heavy atom. The Bertz CT molecular complexity index is 3040. The van der Waals surface area contributed by atoms with Crippen LogP contribution < -0.4 is 5.73 Å². The number of rotatable bonds is 6. The van der Waals surface area contributed by atoms with E-state index in [9.17, 15) is 4.79 Å². The standard InChI is InChI=1S/C48H32N8O/c49-35-28-33(48(57)32-4-2-1-3-5-32)6-7-34(35)47-42-14-12-40(55-42)45(30-18-24-51-25-19-30)38-10-8-36(53-38)44(29-16-22-50-23-17-29)37-9-11-39(54-37)46(31-20-26-52-27-21-31)41-13-15-43(47)56-41/h1-28,53,56H,49H2. The van der Waals surface area contributed by atoms with Gasteiger partial charge in [-0.25, -0.2) is 9.97 Å². The molecular weight excluding hydrogens is 705 g/mol. The van der Waals surface area contributed by atoms with E-state index in [0.29, 0.717) is 22.5 Å². The molecule has 9 heteroatoms. The summed E-state index contributed by atoms with van der Waals surface area (Å²) in [5, 5.41) is 0. The second-order valence-corrected chi connectivity index (χ2v) is 13.7. The monoisotopic (exact) mass is 736 g/mol. The fourth-order valence-corrected chi connectivity index (χ4v) is 7.64. The average Bonchev–Trinajstić information content (AvgIpc) is 4.11. The van der Waals surface area contributed by atoms with Gasteiger partial charge in [-0.2, -0.15) is 0 Å². The van der Waals surface area contributed by atoms with Gasteiger partial charge >= 0.3 is 0 Å². The Balaban J connectivity index is 1.32. The lowest BCUT2D eigenvalue weighted by molar-refractivity contribution is 0.103. The molecule has 2 aromatic carbocycles. The Kier molecular flexibility index (Phi) is 8.23. The van der Waals surface area contributed by atoms with Gasteiger partial charge in [-0.05, 0) is 108 Å². The highest BCUT2D eigenvalue weighted by atomic mass is 16.1. The van der Waals surface area contributed by atoms with E-state index in [1.807, 2.05) is 97.1 Å². The molecule has 8 aromatic rings. The molecular formula is C48H32N8O. The molecule has 4 N–H and O–H groups in total. The predicted octanol–water partition coefficient (Wildman–Crippen LogP) is 10.3. The van der Waals surface area contributed by atoms with Crippen molar-refractivity contribution >= 4 is 57.8 Å². The summed E-state index contributed by atoms with van der Waals surface area (Å²) >= 11 is 0. The van der Waals surface area contributed by atoms with Crippen LogP contribution in [0.15, 0.2) is 146 Å². The van der Waals surface area contributed by atoms with Gasteiger partial charge in [-0.3, -0.25) is 19.7 Å². The van der Waals surface area contributed by atoms with Gasteiger partial charge in [-0.15, -0.1) is 0 Å². The molecule has 8 bridgehead atoms. The molecule has 0 saturated heterocycles. The van der Waals surface area contributed by atoms with Gasteiger partial charge in [0.05, 0.1) is 22.8 Å². The predicted molar refractivity (Wildman–Crippen MR) is 228 cm³/mol. The number of pyridine rings is 3. The fourth-order valence-electron chi connectivity index (χ4n) is 7.64. The normalized spacial score (nSPS) is 11.9. The van der Waals surface area contributed by atoms with Gasteiger partial charge in [0.15, 0.2) is 5.78 Å². The smallest absolute Gasteiger partial charge is 0.193 e. The minimum absolute atomic E-state index is 0.0999. The molecule has 10 rings (SSSR count). The highest BCUT2D eigenvalue weighted by Crippen LogP contribution is 2.39. The molecule has 0 fully saturated rings. The minimum Gasteiger partial charge on any atom is -0.398 e. The molecule has 9 nitrogen and oxygen atoms in total. The number of carbonyl (C=O) groups excluding carboxylic acids is 1. The largest absolute Gasteiger partial charge is 0.398 e. The molecule has 6 aromatic heterocycles. The van der Waals surface area contributed by atoms with Gasteiger partial charge in [0.2, 0.25) is 0 Å². The van der Waals surface area contributed by atoms with Gasteiger partial charge in [-0.1, -0.05) is 42.5 Å². The summed E-state index contributed by atoms with van der Waals surface area (Å²) in [5.41, 5.74) is 22.1. The number of carbonyl (C=O) groups is 1. The summed E-state index contributed by atoms with van der Waals surface area (Å²) in [4.78, 5) is 44.5. The van der Waals surface area contributed by atoms with E-state index in [2.05, 4.69) is 55.3 Å². The van der Waals surface area contributed by atoms with Crippen molar-refractivity contribution in [3.05, 3.63) is 180 Å². The van der Waals surface area contributed by atoms with Crippen LogP contribution in [0.1, 0.15) is 38.7 Å². The van der Waals surface area contributed by atoms with Crippen LogP contribution in [-0.4, -0.2) is 40.7 Å². The first-order chi connectivity index (χ1) is 28.1. The number of benzene rings is 2. The van der Waals surface area contributed by atoms with Crippen molar-refractivity contribution in [3.63, 3.8) is 0 Å². The highest BCUT2D eigenvalue weighted by Gasteiger charge is 2.20. The van der Waals surface area contributed by atoms with Gasteiger partial charge in [0, 0.05) is 104 Å². The average molecular weight is 737 g/mol. The van der Waals surface area contributed by atoms with E-state index < -0.39 is 0 Å². The summed E-state index contributed by atoms with van der Waals surface area (Å²) in [6.07, 6.45) is 18.9. The number of anilines is 1. The van der Waals surface area contributed by atoms with Crippen molar-refractivity contribution < 1.29 is 4.79 Å². The van der Waals surface area contributed by atoms with Crippen LogP contribution in [-0.2, 0) is 0 Å². The molecule has 0 saturated carbocycles. The first kappa shape index (κ1) is 33.5. The van der Waals surface area contributed by atoms with Crippen molar-refractivity contribution in [2.24, 2.45) is 0 Å². The maximum atomic E-state index is 13.5. The summed E-state index contributed by atoms with van der Waals surface area (Å²) in [7, 11) is 0. The molecule has 0 aliphatic carbocycles. The lowest BCUT2D eigenvalue weighted by Crippen LogP contribution is -2.03. The summed E-state index contributed by atoms with van der Waals surface area (Å²) < 4.78 is 0. The number of nitrogens with two attached hydrogens (primary N) is 1. The number of nitrogens with zero attached hydrogens (tertiary/aromatic N) is 5. The highest BCUT2D eigenvalue weighted by molar-refractivity contribution is 6.10. The number of nitrogens with one attached hydrogen (secondary N) is 2. The molecule has 2 aliphatic rings. The number of nitrogen functional groups attached to an aromatic ring is 1. The van der Waals surface area contributed by atoms with Crippen LogP contribution in [0.4, 0.5) is 5.69 Å². The van der Waals surface area contributed by atoms with Crippen molar-refractivity contribution in [1.82, 2.24) is 34.9 Å². The number of aromatic nitrogens is 7. The van der Waals surface area contributed by atoms with E-state index in [1.165, 1.54) is 0 Å². The molecule has 2 aliphatic heterocycles. The van der Waals surface area contributed by atoms with Crippen molar-refractivity contribution in [2.45, 2.75) is 0 Å². The van der Waals surface area contributed by atoms with E-state index in [-0.39, 0.29) is 5.78 Å². The SMILES string of the molecule is Nc1cc(C(=O)c2ccccc2)ccc1-c1c2nc(c(-c3ccncc3)c3ccc([nH]3)c(-c3ccncc3)c3nc(c(-c4ccncc4)c4ccc1[nH]4)C=C3)C=C2. The number of fused-ring (bicyclic) bond motifs is 8. The lowest BCUT2D eigenvalue weighted by Gasteiger charge is -2.10. The van der Waals surface area contributed by atoms with Crippen LogP contribution >= 0.6 is 0 Å². The number of hydrogen-bond acceptors (Lipinski definition) is 7. The zero-order chi connectivity index (χ0) is 38.3. The minimum atomic E-state index is -0.0999. The molecule has 270 valence electrons. The maximum Gasteiger partial charge on any atom is 0.193 e. The lowest BCUT2D eigenvalue weighted by atomic mass is 9.97. The van der Waals surface area contributed by atoms with E-state index in [1.54, 1.807) is 43.2 Å². The van der Waals surface area contributed by atoms with Crippen LogP contribution in [0, 0.1) is 0 Å². The molecule has 8 heterocycles. The Morgan fingerprint density at radius 1 is 0.439 bits per heavy atom. The fraction of sp³-hybridized carbons (Fsp3) is 0. The molecule has 0 amide bonds. The van der Waals surface area contributed by atoms with Crippen molar-refractivity contribution in [2.75, 3.05) is 5.73 Å². The zero-order valence-corrected chi connectivity index (χ0v) is 30.4. The first-order valence-corrected chi connectivity index (χ1v) is 18.5. The summed E-state index contributed by atoms with van der Waals surface area (Å²) in [6.45, 7) is 0. The van der Waals surface area contributed by atoms with Crippen LogP contribution in [0.25, 0.3) is 90.9 Å². The maximum absolute atomic E-state index is 13.5. The molecule has 0 spiro atoms.